The highest BCUT2D eigenvalue weighted by Crippen LogP contribution is 2.27. The molecule has 0 bridgehead atoms. The summed E-state index contributed by atoms with van der Waals surface area (Å²) >= 11 is 0. The second kappa shape index (κ2) is 8.99. The summed E-state index contributed by atoms with van der Waals surface area (Å²) < 4.78 is 7.68. The summed E-state index contributed by atoms with van der Waals surface area (Å²) in [6.07, 6.45) is 4.51. The van der Waals surface area contributed by atoms with E-state index < -0.39 is 11.7 Å². The lowest BCUT2D eigenvalue weighted by Gasteiger charge is -2.20. The predicted octanol–water partition coefficient (Wildman–Crippen LogP) is 6.32. The smallest absolute Gasteiger partial charge is 0.412 e. The van der Waals surface area contributed by atoms with Gasteiger partial charge in [-0.3, -0.25) is 10.3 Å². The van der Waals surface area contributed by atoms with Crippen LogP contribution < -0.4 is 5.32 Å². The molecule has 0 unspecified atom stereocenters. The molecule has 4 rings (SSSR count). The van der Waals surface area contributed by atoms with E-state index in [4.69, 9.17) is 9.72 Å². The monoisotopic (exact) mass is 430 g/mol. The molecule has 6 nitrogen and oxygen atoms in total. The van der Waals surface area contributed by atoms with Gasteiger partial charge in [0, 0.05) is 24.0 Å². The fourth-order valence-corrected chi connectivity index (χ4v) is 3.86. The number of nitrogens with one attached hydrogen (secondary N) is 1. The summed E-state index contributed by atoms with van der Waals surface area (Å²) in [7, 11) is 0. The number of benzene rings is 2. The van der Waals surface area contributed by atoms with E-state index in [0.717, 1.165) is 52.6 Å². The maximum absolute atomic E-state index is 12.2. The van der Waals surface area contributed by atoms with Crippen molar-refractivity contribution in [2.24, 2.45) is 0 Å². The second-order valence-corrected chi connectivity index (χ2v) is 9.05. The van der Waals surface area contributed by atoms with Gasteiger partial charge in [0.15, 0.2) is 0 Å². The fraction of sp³-hybridized carbons (Fsp3) is 0.346. The number of para-hydroxylation sites is 1. The molecule has 0 spiro atoms. The van der Waals surface area contributed by atoms with Crippen LogP contribution in [0.15, 0.2) is 54.7 Å². The summed E-state index contributed by atoms with van der Waals surface area (Å²) in [4.78, 5) is 21.7. The van der Waals surface area contributed by atoms with Gasteiger partial charge in [-0.25, -0.2) is 9.78 Å². The number of anilines is 1. The van der Waals surface area contributed by atoms with Crippen molar-refractivity contribution in [1.29, 1.82) is 0 Å². The number of fused-ring (bicyclic) bond motifs is 3. The molecule has 0 aliphatic heterocycles. The molecule has 6 heteroatoms. The van der Waals surface area contributed by atoms with Crippen LogP contribution in [-0.2, 0) is 17.7 Å². The summed E-state index contributed by atoms with van der Waals surface area (Å²) in [6.45, 7) is 8.40. The number of ether oxygens (including phenoxy) is 1. The first-order chi connectivity index (χ1) is 15.3. The van der Waals surface area contributed by atoms with Crippen molar-refractivity contribution >= 4 is 33.7 Å². The fourth-order valence-electron chi connectivity index (χ4n) is 3.86. The molecule has 4 aromatic rings. The highest BCUT2D eigenvalue weighted by molar-refractivity contribution is 6.02. The van der Waals surface area contributed by atoms with E-state index in [1.807, 2.05) is 63.4 Å². The topological polar surface area (TPSA) is 69.0 Å². The van der Waals surface area contributed by atoms with E-state index in [1.54, 1.807) is 0 Å². The molecule has 0 atom stereocenters. The van der Waals surface area contributed by atoms with Crippen LogP contribution in [0.2, 0.25) is 0 Å². The molecular weight excluding hydrogens is 400 g/mol. The minimum absolute atomic E-state index is 0.455. The van der Waals surface area contributed by atoms with Gasteiger partial charge in [0.1, 0.15) is 16.9 Å². The van der Waals surface area contributed by atoms with Gasteiger partial charge in [0.25, 0.3) is 0 Å². The second-order valence-electron chi connectivity index (χ2n) is 9.05. The number of nitrogens with zero attached hydrogens (tertiary/aromatic N) is 3. The first-order valence-electron chi connectivity index (χ1n) is 11.2. The van der Waals surface area contributed by atoms with E-state index in [-0.39, 0.29) is 0 Å². The zero-order chi connectivity index (χ0) is 22.7. The van der Waals surface area contributed by atoms with Crippen molar-refractivity contribution in [2.45, 2.75) is 59.1 Å². The number of unbranched alkanes of at least 4 members (excludes halogenated alkanes) is 1. The van der Waals surface area contributed by atoms with Crippen molar-refractivity contribution in [1.82, 2.24) is 14.5 Å². The zero-order valence-corrected chi connectivity index (χ0v) is 19.2. The number of hydrogen-bond acceptors (Lipinski definition) is 4. The van der Waals surface area contributed by atoms with E-state index in [1.165, 1.54) is 0 Å². The Morgan fingerprint density at radius 3 is 2.69 bits per heavy atom. The van der Waals surface area contributed by atoms with Crippen molar-refractivity contribution in [3.8, 4) is 0 Å². The Balaban J connectivity index is 1.70. The number of carbonyl (C=O) groups excluding carboxylic acids is 1. The molecular formula is C26H30N4O2. The largest absolute Gasteiger partial charge is 0.444 e. The van der Waals surface area contributed by atoms with E-state index in [2.05, 4.69) is 33.9 Å². The van der Waals surface area contributed by atoms with Crippen LogP contribution in [0.1, 0.15) is 51.9 Å². The van der Waals surface area contributed by atoms with Gasteiger partial charge in [0.05, 0.1) is 17.2 Å². The van der Waals surface area contributed by atoms with E-state index >= 15 is 0 Å². The summed E-state index contributed by atoms with van der Waals surface area (Å²) in [5, 5.41) is 3.94. The third kappa shape index (κ3) is 4.90. The van der Waals surface area contributed by atoms with Gasteiger partial charge in [-0.1, -0.05) is 43.7 Å². The molecule has 2 aromatic heterocycles. The standard InChI is InChI=1S/C26H30N4O2/c1-5-6-14-23-29-22-16-27-21-13-8-7-12-20(21)24(22)30(23)17-18-10-9-11-19(15-18)28-25(31)32-26(2,3)4/h7-13,15-16H,5-6,14,17H2,1-4H3,(H,28,31). The van der Waals surface area contributed by atoms with Gasteiger partial charge in [-0.05, 0) is 51.0 Å². The average molecular weight is 431 g/mol. The molecule has 0 aliphatic rings. The highest BCUT2D eigenvalue weighted by atomic mass is 16.6. The Kier molecular flexibility index (Phi) is 6.12. The van der Waals surface area contributed by atoms with Gasteiger partial charge in [-0.2, -0.15) is 0 Å². The van der Waals surface area contributed by atoms with Crippen LogP contribution in [0.4, 0.5) is 10.5 Å². The first kappa shape index (κ1) is 21.8. The van der Waals surface area contributed by atoms with Crippen molar-refractivity contribution in [3.63, 3.8) is 0 Å². The Bertz CT molecular complexity index is 1250. The molecule has 166 valence electrons. The third-order valence-electron chi connectivity index (χ3n) is 5.23. The van der Waals surface area contributed by atoms with Crippen LogP contribution in [0, 0.1) is 0 Å². The summed E-state index contributed by atoms with van der Waals surface area (Å²) in [6, 6.07) is 16.1. The molecule has 32 heavy (non-hydrogen) atoms. The Labute approximate surface area is 188 Å². The molecule has 2 aromatic carbocycles. The SMILES string of the molecule is CCCCc1nc2cnc3ccccc3c2n1Cc1cccc(NC(=O)OC(C)(C)C)c1. The number of amides is 1. The molecule has 0 saturated carbocycles. The molecule has 0 radical (unpaired) electrons. The van der Waals surface area contributed by atoms with Crippen LogP contribution in [0.3, 0.4) is 0 Å². The van der Waals surface area contributed by atoms with Crippen LogP contribution in [0.5, 0.6) is 0 Å². The summed E-state index contributed by atoms with van der Waals surface area (Å²) in [5.41, 5.74) is 4.23. The lowest BCUT2D eigenvalue weighted by atomic mass is 10.1. The number of aryl methyl sites for hydroxylation is 1. The molecule has 1 N–H and O–H groups in total. The quantitative estimate of drug-likeness (QED) is 0.388. The number of carbonyl (C=O) groups is 1. The minimum Gasteiger partial charge on any atom is -0.444 e. The molecule has 0 fully saturated rings. The third-order valence-corrected chi connectivity index (χ3v) is 5.23. The van der Waals surface area contributed by atoms with E-state index in [0.29, 0.717) is 12.2 Å². The average Bonchev–Trinajstić information content (AvgIpc) is 3.08. The van der Waals surface area contributed by atoms with Gasteiger partial charge < -0.3 is 9.30 Å². The van der Waals surface area contributed by atoms with Crippen molar-refractivity contribution in [2.75, 3.05) is 5.32 Å². The first-order valence-corrected chi connectivity index (χ1v) is 11.2. The van der Waals surface area contributed by atoms with Gasteiger partial charge in [0.2, 0.25) is 0 Å². The molecule has 1 amide bonds. The molecule has 2 heterocycles. The number of hydrogen-bond donors (Lipinski definition) is 1. The van der Waals surface area contributed by atoms with Gasteiger partial charge >= 0.3 is 6.09 Å². The normalized spacial score (nSPS) is 11.8. The molecule has 0 saturated heterocycles. The Morgan fingerprint density at radius 2 is 1.91 bits per heavy atom. The van der Waals surface area contributed by atoms with Crippen LogP contribution in [-0.4, -0.2) is 26.2 Å². The Hall–Kier alpha value is -3.41. The van der Waals surface area contributed by atoms with Crippen LogP contribution >= 0.6 is 0 Å². The minimum atomic E-state index is -0.541. The van der Waals surface area contributed by atoms with Crippen molar-refractivity contribution in [3.05, 3.63) is 66.1 Å². The van der Waals surface area contributed by atoms with Crippen molar-refractivity contribution < 1.29 is 9.53 Å². The summed E-state index contributed by atoms with van der Waals surface area (Å²) in [5.74, 6) is 1.06. The Morgan fingerprint density at radius 1 is 1.09 bits per heavy atom. The predicted molar refractivity (Wildman–Crippen MR) is 129 cm³/mol. The van der Waals surface area contributed by atoms with Crippen LogP contribution in [0.25, 0.3) is 21.9 Å². The maximum atomic E-state index is 12.2. The molecule has 0 aliphatic carbocycles. The number of pyridine rings is 1. The highest BCUT2D eigenvalue weighted by Gasteiger charge is 2.17. The lowest BCUT2D eigenvalue weighted by Crippen LogP contribution is -2.27. The number of aromatic nitrogens is 3. The lowest BCUT2D eigenvalue weighted by molar-refractivity contribution is 0.0636. The van der Waals surface area contributed by atoms with E-state index in [9.17, 15) is 4.79 Å². The van der Waals surface area contributed by atoms with Gasteiger partial charge in [-0.15, -0.1) is 0 Å². The maximum Gasteiger partial charge on any atom is 0.412 e. The number of rotatable bonds is 6. The number of imidazole rings is 1. The zero-order valence-electron chi connectivity index (χ0n) is 19.2.